The molecular formula is C20H26N2O7. The highest BCUT2D eigenvalue weighted by Gasteiger charge is 2.50. The molecule has 29 heavy (non-hydrogen) atoms. The minimum Gasteiger partial charge on any atom is -0.460 e. The number of imide groups is 1. The van der Waals surface area contributed by atoms with Crippen LogP contribution in [0, 0.1) is 16.0 Å². The second-order valence-electron chi connectivity index (χ2n) is 8.85. The summed E-state index contributed by atoms with van der Waals surface area (Å²) in [6.07, 6.45) is -0.901. The number of ether oxygens (including phenoxy) is 2. The lowest BCUT2D eigenvalue weighted by molar-refractivity contribution is -0.486. The Morgan fingerprint density at radius 1 is 1.10 bits per heavy atom. The zero-order valence-corrected chi connectivity index (χ0v) is 17.4. The van der Waals surface area contributed by atoms with Crippen molar-refractivity contribution in [1.29, 1.82) is 0 Å². The third-order valence-electron chi connectivity index (χ3n) is 4.03. The van der Waals surface area contributed by atoms with Gasteiger partial charge < -0.3 is 9.47 Å². The van der Waals surface area contributed by atoms with Gasteiger partial charge in [0.1, 0.15) is 17.1 Å². The van der Waals surface area contributed by atoms with Crippen molar-refractivity contribution in [2.45, 2.75) is 58.7 Å². The number of hydrogen-bond donors (Lipinski definition) is 0. The van der Waals surface area contributed by atoms with Crippen LogP contribution in [0.5, 0.6) is 0 Å². The third kappa shape index (κ3) is 5.30. The summed E-state index contributed by atoms with van der Waals surface area (Å²) in [7, 11) is 0. The number of amides is 2. The molecule has 0 unspecified atom stereocenters. The molecule has 0 aromatic heterocycles. The fourth-order valence-electron chi connectivity index (χ4n) is 3.08. The molecule has 9 nitrogen and oxygen atoms in total. The van der Waals surface area contributed by atoms with Gasteiger partial charge in [0.05, 0.1) is 11.6 Å². The largest absolute Gasteiger partial charge is 0.460 e. The highest BCUT2D eigenvalue weighted by atomic mass is 16.6. The summed E-state index contributed by atoms with van der Waals surface area (Å²) in [6, 6.07) is 6.37. The van der Waals surface area contributed by atoms with E-state index in [9.17, 15) is 24.5 Å². The van der Waals surface area contributed by atoms with Gasteiger partial charge in [-0.25, -0.2) is 9.69 Å². The number of carbonyl (C=O) groups excluding carboxylic acids is 3. The van der Waals surface area contributed by atoms with Crippen LogP contribution in [0.1, 0.15) is 53.0 Å². The minimum atomic E-state index is -1.38. The van der Waals surface area contributed by atoms with Crippen LogP contribution in [0.3, 0.4) is 0 Å². The SMILES string of the molecule is CC(C)(C)OC(=O)[C@@H](C[N+](=O)[O-])[C@H]1C(=O)N(C(=O)OC(C)(C)C)c2ccccc21. The van der Waals surface area contributed by atoms with Crippen molar-refractivity contribution in [3.8, 4) is 0 Å². The number of fused-ring (bicyclic) bond motifs is 1. The van der Waals surface area contributed by atoms with Crippen molar-refractivity contribution in [3.05, 3.63) is 39.9 Å². The second-order valence-corrected chi connectivity index (χ2v) is 8.85. The molecule has 1 aliphatic rings. The van der Waals surface area contributed by atoms with Crippen molar-refractivity contribution >= 4 is 23.7 Å². The van der Waals surface area contributed by atoms with E-state index in [0.29, 0.717) is 5.56 Å². The zero-order chi connectivity index (χ0) is 22.1. The number of benzene rings is 1. The monoisotopic (exact) mass is 406 g/mol. The predicted octanol–water partition coefficient (Wildman–Crippen LogP) is 3.29. The van der Waals surface area contributed by atoms with Gasteiger partial charge in [0.25, 0.3) is 0 Å². The molecule has 1 heterocycles. The van der Waals surface area contributed by atoms with Gasteiger partial charge in [-0.3, -0.25) is 19.7 Å². The van der Waals surface area contributed by atoms with Gasteiger partial charge in [0.2, 0.25) is 12.5 Å². The first-order valence-electron chi connectivity index (χ1n) is 9.22. The maximum Gasteiger partial charge on any atom is 0.421 e. The van der Waals surface area contributed by atoms with Gasteiger partial charge in [0.15, 0.2) is 0 Å². The van der Waals surface area contributed by atoms with Gasteiger partial charge in [0, 0.05) is 4.92 Å². The van der Waals surface area contributed by atoms with Gasteiger partial charge in [-0.2, -0.15) is 0 Å². The van der Waals surface area contributed by atoms with Crippen molar-refractivity contribution in [3.63, 3.8) is 0 Å². The Morgan fingerprint density at radius 2 is 1.66 bits per heavy atom. The van der Waals surface area contributed by atoms with Crippen molar-refractivity contribution in [2.75, 3.05) is 11.4 Å². The van der Waals surface area contributed by atoms with Gasteiger partial charge >= 0.3 is 12.1 Å². The number of hydrogen-bond acceptors (Lipinski definition) is 7. The molecule has 9 heteroatoms. The van der Waals surface area contributed by atoms with Gasteiger partial charge in [-0.1, -0.05) is 18.2 Å². The number of rotatable bonds is 4. The van der Waals surface area contributed by atoms with Gasteiger partial charge in [-0.05, 0) is 53.2 Å². The van der Waals surface area contributed by atoms with Crippen molar-refractivity contribution < 1.29 is 28.8 Å². The molecule has 0 aliphatic carbocycles. The standard InChI is InChI=1S/C20H26N2O7/c1-19(2,3)28-17(24)13(11-21(26)27)15-12-9-7-8-10-14(12)22(16(15)23)18(25)29-20(4,5)6/h7-10,13,15H,11H2,1-6H3/t13-,15-/m0/s1. The molecule has 0 fully saturated rings. The smallest absolute Gasteiger partial charge is 0.421 e. The molecule has 1 aliphatic heterocycles. The Balaban J connectivity index is 2.49. The van der Waals surface area contributed by atoms with E-state index in [-0.39, 0.29) is 5.69 Å². The zero-order valence-electron chi connectivity index (χ0n) is 17.4. The van der Waals surface area contributed by atoms with E-state index in [0.717, 1.165) is 4.90 Å². The van der Waals surface area contributed by atoms with E-state index in [1.165, 1.54) is 6.07 Å². The fourth-order valence-corrected chi connectivity index (χ4v) is 3.08. The van der Waals surface area contributed by atoms with Crippen molar-refractivity contribution in [2.24, 2.45) is 5.92 Å². The average molecular weight is 406 g/mol. The Bertz CT molecular complexity index is 836. The predicted molar refractivity (Wildman–Crippen MR) is 104 cm³/mol. The third-order valence-corrected chi connectivity index (χ3v) is 4.03. The maximum atomic E-state index is 13.2. The molecule has 0 N–H and O–H groups in total. The lowest BCUT2D eigenvalue weighted by Crippen LogP contribution is -2.43. The van der Waals surface area contributed by atoms with E-state index in [2.05, 4.69) is 0 Å². The van der Waals surface area contributed by atoms with E-state index in [1.54, 1.807) is 59.7 Å². The van der Waals surface area contributed by atoms with E-state index in [1.807, 2.05) is 0 Å². The molecule has 2 amide bonds. The summed E-state index contributed by atoms with van der Waals surface area (Å²) < 4.78 is 10.6. The summed E-state index contributed by atoms with van der Waals surface area (Å²) in [5.41, 5.74) is -1.15. The van der Waals surface area contributed by atoms with Crippen LogP contribution in [-0.2, 0) is 19.1 Å². The first-order valence-corrected chi connectivity index (χ1v) is 9.22. The molecule has 0 bridgehead atoms. The summed E-state index contributed by atoms with van der Waals surface area (Å²) in [5, 5.41) is 11.2. The van der Waals surface area contributed by atoms with E-state index >= 15 is 0 Å². The number of nitro groups is 1. The normalized spacial score (nSPS) is 17.5. The highest BCUT2D eigenvalue weighted by Crippen LogP contribution is 2.42. The summed E-state index contributed by atoms with van der Waals surface area (Å²) in [5.74, 6) is -4.23. The molecule has 0 spiro atoms. The van der Waals surface area contributed by atoms with Crippen LogP contribution in [0.4, 0.5) is 10.5 Å². The number of nitrogens with zero attached hydrogens (tertiary/aromatic N) is 2. The Morgan fingerprint density at radius 3 is 2.17 bits per heavy atom. The second kappa shape index (κ2) is 7.81. The minimum absolute atomic E-state index is 0.244. The molecule has 0 saturated heterocycles. The average Bonchev–Trinajstić information content (AvgIpc) is 2.81. The molecule has 1 aromatic carbocycles. The summed E-state index contributed by atoms with van der Waals surface area (Å²) in [6.45, 7) is 9.06. The molecular weight excluding hydrogens is 380 g/mol. The van der Waals surface area contributed by atoms with Crippen LogP contribution < -0.4 is 4.90 Å². The van der Waals surface area contributed by atoms with Crippen LogP contribution in [0.2, 0.25) is 0 Å². The lowest BCUT2D eigenvalue weighted by atomic mass is 9.86. The van der Waals surface area contributed by atoms with E-state index < -0.39 is 52.5 Å². The fraction of sp³-hybridized carbons (Fsp3) is 0.550. The summed E-state index contributed by atoms with van der Waals surface area (Å²) >= 11 is 0. The molecule has 0 radical (unpaired) electrons. The molecule has 0 saturated carbocycles. The van der Waals surface area contributed by atoms with Crippen molar-refractivity contribution in [1.82, 2.24) is 0 Å². The Kier molecular flexibility index (Phi) is 6.01. The van der Waals surface area contributed by atoms with Crippen LogP contribution in [0.15, 0.2) is 24.3 Å². The van der Waals surface area contributed by atoms with Gasteiger partial charge in [-0.15, -0.1) is 0 Å². The number of anilines is 1. The maximum absolute atomic E-state index is 13.2. The molecule has 2 atom stereocenters. The lowest BCUT2D eigenvalue weighted by Gasteiger charge is -2.26. The first kappa shape index (κ1) is 22.3. The van der Waals surface area contributed by atoms with Crippen LogP contribution in [0.25, 0.3) is 0 Å². The Labute approximate surface area is 169 Å². The quantitative estimate of drug-likeness (QED) is 0.428. The van der Waals surface area contributed by atoms with Crippen LogP contribution in [-0.4, -0.2) is 40.6 Å². The topological polar surface area (TPSA) is 116 Å². The molecule has 158 valence electrons. The number of para-hydroxylation sites is 1. The number of esters is 1. The Hall–Kier alpha value is -2.97. The highest BCUT2D eigenvalue weighted by molar-refractivity contribution is 6.20. The first-order chi connectivity index (χ1) is 13.2. The molecule has 1 aromatic rings. The van der Waals surface area contributed by atoms with E-state index in [4.69, 9.17) is 9.47 Å². The van der Waals surface area contributed by atoms with Crippen LogP contribution >= 0.6 is 0 Å². The molecule has 2 rings (SSSR count). The summed E-state index contributed by atoms with van der Waals surface area (Å²) in [4.78, 5) is 50.0. The number of carbonyl (C=O) groups is 3.